The fourth-order valence-corrected chi connectivity index (χ4v) is 3.51. The van der Waals surface area contributed by atoms with E-state index in [0.29, 0.717) is 25.0 Å². The zero-order valence-corrected chi connectivity index (χ0v) is 15.6. The minimum absolute atomic E-state index is 0.0155. The van der Waals surface area contributed by atoms with Gasteiger partial charge in [0.05, 0.1) is 0 Å². The second-order valence-corrected chi connectivity index (χ2v) is 6.92. The number of carbonyl (C=O) groups is 2. The minimum Gasteiger partial charge on any atom is -0.357 e. The highest BCUT2D eigenvalue weighted by Gasteiger charge is 2.25. The number of likely N-dealkylation sites (tertiary alicyclic amines) is 1. The van der Waals surface area contributed by atoms with Crippen molar-refractivity contribution >= 4 is 17.8 Å². The van der Waals surface area contributed by atoms with Gasteiger partial charge in [-0.25, -0.2) is 4.99 Å². The summed E-state index contributed by atoms with van der Waals surface area (Å²) in [6.07, 6.45) is 7.29. The molecule has 3 N–H and O–H groups in total. The van der Waals surface area contributed by atoms with Crippen molar-refractivity contribution in [1.29, 1.82) is 0 Å². The predicted molar refractivity (Wildman–Crippen MR) is 99.4 cm³/mol. The summed E-state index contributed by atoms with van der Waals surface area (Å²) in [6.45, 7) is 6.24. The Morgan fingerprint density at radius 3 is 2.48 bits per heavy atom. The van der Waals surface area contributed by atoms with Gasteiger partial charge in [-0.15, -0.1) is 0 Å². The molecule has 2 amide bonds. The molecule has 0 bridgehead atoms. The molecule has 25 heavy (non-hydrogen) atoms. The van der Waals surface area contributed by atoms with Crippen molar-refractivity contribution in [1.82, 2.24) is 20.9 Å². The van der Waals surface area contributed by atoms with Crippen LogP contribution in [0.1, 0.15) is 58.8 Å². The van der Waals surface area contributed by atoms with Crippen LogP contribution in [0.2, 0.25) is 0 Å². The van der Waals surface area contributed by atoms with Gasteiger partial charge in [0.15, 0.2) is 5.96 Å². The second-order valence-electron chi connectivity index (χ2n) is 6.92. The first-order chi connectivity index (χ1) is 12.1. The maximum absolute atomic E-state index is 12.1. The topological polar surface area (TPSA) is 85.8 Å². The molecule has 2 aliphatic rings. The van der Waals surface area contributed by atoms with Crippen molar-refractivity contribution in [3.05, 3.63) is 0 Å². The van der Waals surface area contributed by atoms with E-state index in [1.54, 1.807) is 0 Å². The largest absolute Gasteiger partial charge is 0.357 e. The number of carbonyl (C=O) groups excluding carboxylic acids is 2. The molecule has 1 unspecified atom stereocenters. The van der Waals surface area contributed by atoms with E-state index in [2.05, 4.69) is 20.9 Å². The molecule has 2 rings (SSSR count). The molecule has 1 heterocycles. The Kier molecular flexibility index (Phi) is 8.01. The highest BCUT2D eigenvalue weighted by atomic mass is 16.2. The van der Waals surface area contributed by atoms with Crippen molar-refractivity contribution in [3.63, 3.8) is 0 Å². The van der Waals surface area contributed by atoms with Crippen LogP contribution in [-0.2, 0) is 9.59 Å². The predicted octanol–water partition coefficient (Wildman–Crippen LogP) is 1.00. The number of hydrogen-bond donors (Lipinski definition) is 3. The Morgan fingerprint density at radius 1 is 1.04 bits per heavy atom. The van der Waals surface area contributed by atoms with E-state index in [9.17, 15) is 9.59 Å². The standard InChI is InChI=1S/C18H33N5O2/c1-3-17(25)23-11-10-15(13-23)22-18(19-4-2)20-12-16(24)21-14-8-6-5-7-9-14/h14-15H,3-13H2,1-2H3,(H,21,24)(H2,19,20,22). The van der Waals surface area contributed by atoms with E-state index in [-0.39, 0.29) is 24.4 Å². The molecule has 7 heteroatoms. The lowest BCUT2D eigenvalue weighted by Crippen LogP contribution is -2.45. The lowest BCUT2D eigenvalue weighted by Gasteiger charge is -2.22. The second kappa shape index (κ2) is 10.3. The summed E-state index contributed by atoms with van der Waals surface area (Å²) in [4.78, 5) is 30.2. The van der Waals surface area contributed by atoms with Gasteiger partial charge < -0.3 is 20.9 Å². The zero-order chi connectivity index (χ0) is 18.1. The Balaban J connectivity index is 1.79. The monoisotopic (exact) mass is 351 g/mol. The first-order valence-electron chi connectivity index (χ1n) is 9.74. The highest BCUT2D eigenvalue weighted by molar-refractivity contribution is 5.85. The van der Waals surface area contributed by atoms with E-state index in [1.807, 2.05) is 18.7 Å². The third kappa shape index (κ3) is 6.55. The summed E-state index contributed by atoms with van der Waals surface area (Å²) in [6, 6.07) is 0.505. The molecular weight excluding hydrogens is 318 g/mol. The first kappa shape index (κ1) is 19.5. The Bertz CT molecular complexity index is 474. The third-order valence-electron chi connectivity index (χ3n) is 4.88. The van der Waals surface area contributed by atoms with Gasteiger partial charge in [0.25, 0.3) is 0 Å². The molecule has 0 aromatic rings. The highest BCUT2D eigenvalue weighted by Crippen LogP contribution is 2.17. The zero-order valence-electron chi connectivity index (χ0n) is 15.6. The van der Waals surface area contributed by atoms with Crippen molar-refractivity contribution < 1.29 is 9.59 Å². The molecule has 142 valence electrons. The molecule has 1 aliphatic heterocycles. The van der Waals surface area contributed by atoms with E-state index in [4.69, 9.17) is 0 Å². The van der Waals surface area contributed by atoms with Crippen molar-refractivity contribution in [3.8, 4) is 0 Å². The number of nitrogens with one attached hydrogen (secondary N) is 3. The summed E-state index contributed by atoms with van der Waals surface area (Å²) in [5, 5.41) is 9.62. The van der Waals surface area contributed by atoms with Crippen LogP contribution in [-0.4, -0.2) is 60.9 Å². The van der Waals surface area contributed by atoms with Gasteiger partial charge in [0.1, 0.15) is 6.54 Å². The van der Waals surface area contributed by atoms with Gasteiger partial charge in [-0.3, -0.25) is 9.59 Å². The van der Waals surface area contributed by atoms with Gasteiger partial charge in [-0.2, -0.15) is 0 Å². The molecule has 0 radical (unpaired) electrons. The van der Waals surface area contributed by atoms with Crippen LogP contribution in [0, 0.1) is 0 Å². The molecule has 1 saturated heterocycles. The summed E-state index contributed by atoms with van der Waals surface area (Å²) in [7, 11) is 0. The number of nitrogens with zero attached hydrogens (tertiary/aromatic N) is 2. The number of hydrogen-bond acceptors (Lipinski definition) is 3. The minimum atomic E-state index is -0.0155. The molecular formula is C18H33N5O2. The molecule has 0 spiro atoms. The maximum atomic E-state index is 12.1. The van der Waals surface area contributed by atoms with Crippen LogP contribution in [0.4, 0.5) is 0 Å². The maximum Gasteiger partial charge on any atom is 0.242 e. The van der Waals surface area contributed by atoms with Gasteiger partial charge >= 0.3 is 0 Å². The number of aliphatic imine (C=N–C) groups is 1. The Morgan fingerprint density at radius 2 is 1.80 bits per heavy atom. The van der Waals surface area contributed by atoms with Crippen LogP contribution in [0.5, 0.6) is 0 Å². The quantitative estimate of drug-likeness (QED) is 0.492. The fourth-order valence-electron chi connectivity index (χ4n) is 3.51. The normalized spacial score (nSPS) is 21.9. The van der Waals surface area contributed by atoms with E-state index in [0.717, 1.165) is 32.4 Å². The summed E-state index contributed by atoms with van der Waals surface area (Å²) >= 11 is 0. The van der Waals surface area contributed by atoms with E-state index >= 15 is 0 Å². The lowest BCUT2D eigenvalue weighted by atomic mass is 9.95. The molecule has 0 aromatic heterocycles. The summed E-state index contributed by atoms with van der Waals surface area (Å²) in [5.41, 5.74) is 0. The average molecular weight is 351 g/mol. The number of rotatable bonds is 6. The molecule has 1 aliphatic carbocycles. The van der Waals surface area contributed by atoms with Crippen LogP contribution in [0.3, 0.4) is 0 Å². The number of amides is 2. The lowest BCUT2D eigenvalue weighted by molar-refractivity contribution is -0.129. The van der Waals surface area contributed by atoms with E-state index in [1.165, 1.54) is 19.3 Å². The average Bonchev–Trinajstić information content (AvgIpc) is 3.08. The smallest absolute Gasteiger partial charge is 0.242 e. The fraction of sp³-hybridized carbons (Fsp3) is 0.833. The van der Waals surface area contributed by atoms with Crippen molar-refractivity contribution in [2.45, 2.75) is 70.9 Å². The molecule has 1 atom stereocenters. The van der Waals surface area contributed by atoms with Crippen LogP contribution < -0.4 is 16.0 Å². The summed E-state index contributed by atoms with van der Waals surface area (Å²) in [5.74, 6) is 0.827. The van der Waals surface area contributed by atoms with Gasteiger partial charge in [0.2, 0.25) is 11.8 Å². The third-order valence-corrected chi connectivity index (χ3v) is 4.88. The van der Waals surface area contributed by atoms with Crippen LogP contribution in [0.25, 0.3) is 0 Å². The van der Waals surface area contributed by atoms with Gasteiger partial charge in [-0.1, -0.05) is 26.2 Å². The Hall–Kier alpha value is -1.79. The summed E-state index contributed by atoms with van der Waals surface area (Å²) < 4.78 is 0. The molecule has 2 fully saturated rings. The SMILES string of the molecule is CCNC(=NCC(=O)NC1CCCCC1)NC1CCN(C(=O)CC)C1. The molecule has 7 nitrogen and oxygen atoms in total. The molecule has 1 saturated carbocycles. The van der Waals surface area contributed by atoms with Crippen LogP contribution >= 0.6 is 0 Å². The van der Waals surface area contributed by atoms with Crippen molar-refractivity contribution in [2.75, 3.05) is 26.2 Å². The van der Waals surface area contributed by atoms with Crippen molar-refractivity contribution in [2.24, 2.45) is 4.99 Å². The van der Waals surface area contributed by atoms with Gasteiger partial charge in [0, 0.05) is 38.1 Å². The Labute approximate surface area is 151 Å². The number of guanidine groups is 1. The van der Waals surface area contributed by atoms with E-state index < -0.39 is 0 Å². The van der Waals surface area contributed by atoms with Crippen LogP contribution in [0.15, 0.2) is 4.99 Å². The first-order valence-corrected chi connectivity index (χ1v) is 9.74. The van der Waals surface area contributed by atoms with Gasteiger partial charge in [-0.05, 0) is 26.2 Å². The molecule has 0 aromatic carbocycles.